The molecule has 0 radical (unpaired) electrons. The second-order valence-electron chi connectivity index (χ2n) is 16.5. The van der Waals surface area contributed by atoms with Gasteiger partial charge >= 0.3 is 24.7 Å². The van der Waals surface area contributed by atoms with Crippen molar-refractivity contribution in [1.29, 1.82) is 0 Å². The number of aryl methyl sites for hydroxylation is 1. The summed E-state index contributed by atoms with van der Waals surface area (Å²) < 4.78 is 159. The van der Waals surface area contributed by atoms with Gasteiger partial charge in [0.25, 0.3) is 23.0 Å². The maximum absolute atomic E-state index is 14.4. The van der Waals surface area contributed by atoms with E-state index in [2.05, 4.69) is 20.9 Å². The third-order valence-corrected chi connectivity index (χ3v) is 12.0. The van der Waals surface area contributed by atoms with Crippen LogP contribution in [0.1, 0.15) is 61.4 Å². The van der Waals surface area contributed by atoms with E-state index in [1.54, 1.807) is 28.8 Å². The topological polar surface area (TPSA) is 160 Å². The van der Waals surface area contributed by atoms with Crippen LogP contribution >= 0.6 is 46.4 Å². The fraction of sp³-hybridized carbons (Fsp3) is 0.277. The zero-order chi connectivity index (χ0) is 55.5. The molecular formula is C47H34Cl4F12N6O6. The molecular weight excluding hydrogens is 1110 g/mol. The smallest absolute Gasteiger partial charge is 0.374 e. The molecule has 2 aliphatic rings. The number of rotatable bonds is 12. The van der Waals surface area contributed by atoms with Crippen molar-refractivity contribution in [2.75, 3.05) is 26.2 Å². The summed E-state index contributed by atoms with van der Waals surface area (Å²) in [6.07, 6.45) is -20.4. The zero-order valence-corrected chi connectivity index (χ0v) is 40.8. The minimum absolute atomic E-state index is 0.0172. The molecule has 75 heavy (non-hydrogen) atoms. The predicted molar refractivity (Wildman–Crippen MR) is 251 cm³/mol. The molecule has 2 aliphatic heterocycles. The molecule has 0 saturated carbocycles. The van der Waals surface area contributed by atoms with Crippen LogP contribution in [0.5, 0.6) is 0 Å². The third-order valence-electron chi connectivity index (χ3n) is 11.1. The van der Waals surface area contributed by atoms with Gasteiger partial charge in [0.05, 0.1) is 24.5 Å². The van der Waals surface area contributed by atoms with E-state index in [0.717, 1.165) is 24.3 Å². The molecule has 7 rings (SSSR count). The van der Waals surface area contributed by atoms with Crippen LogP contribution in [0.2, 0.25) is 20.1 Å². The third kappa shape index (κ3) is 13.9. The maximum Gasteiger partial charge on any atom is 0.435 e. The van der Waals surface area contributed by atoms with E-state index in [4.69, 9.17) is 56.1 Å². The molecule has 4 amide bonds. The molecule has 0 spiro atoms. The Morgan fingerprint density at radius 1 is 0.533 bits per heavy atom. The fourth-order valence-electron chi connectivity index (χ4n) is 7.56. The van der Waals surface area contributed by atoms with E-state index in [9.17, 15) is 71.9 Å². The van der Waals surface area contributed by atoms with Crippen LogP contribution in [-0.4, -0.2) is 85.9 Å². The minimum atomic E-state index is -4.91. The Hall–Kier alpha value is -6.50. The van der Waals surface area contributed by atoms with Gasteiger partial charge in [-0.2, -0.15) is 52.7 Å². The fourth-order valence-corrected chi connectivity index (χ4v) is 8.61. The summed E-state index contributed by atoms with van der Waals surface area (Å²) >= 11 is 23.7. The number of benzene rings is 5. The van der Waals surface area contributed by atoms with Gasteiger partial charge in [-0.15, -0.1) is 0 Å². The van der Waals surface area contributed by atoms with Crippen molar-refractivity contribution < 1.29 is 81.5 Å². The predicted octanol–water partition coefficient (Wildman–Crippen LogP) is 11.4. The first-order valence-electron chi connectivity index (χ1n) is 21.2. The number of hydrogen-bond acceptors (Lipinski definition) is 8. The van der Waals surface area contributed by atoms with Crippen molar-refractivity contribution >= 4 is 92.2 Å². The summed E-state index contributed by atoms with van der Waals surface area (Å²) in [6, 6.07) is 19.9. The second-order valence-corrected chi connectivity index (χ2v) is 18.2. The molecule has 2 unspecified atom stereocenters. The van der Waals surface area contributed by atoms with E-state index in [1.165, 1.54) is 55.5 Å². The lowest BCUT2D eigenvalue weighted by atomic mass is 9.85. The molecule has 0 aromatic heterocycles. The number of alkyl halides is 12. The van der Waals surface area contributed by atoms with Gasteiger partial charge < -0.3 is 30.9 Å². The van der Waals surface area contributed by atoms with Gasteiger partial charge in [-0.3, -0.25) is 19.2 Å². The lowest BCUT2D eigenvalue weighted by Crippen LogP contribution is -2.42. The number of oxime groups is 2. The van der Waals surface area contributed by atoms with Crippen LogP contribution in [0.3, 0.4) is 0 Å². The zero-order valence-electron chi connectivity index (χ0n) is 37.8. The average molecular weight is 1150 g/mol. The summed E-state index contributed by atoms with van der Waals surface area (Å²) in [7, 11) is 0. The molecule has 2 heterocycles. The molecule has 5 aromatic carbocycles. The van der Waals surface area contributed by atoms with Gasteiger partial charge in [0.15, 0.2) is 0 Å². The number of fused-ring (bicyclic) bond motifs is 1. The van der Waals surface area contributed by atoms with E-state index in [0.29, 0.717) is 16.3 Å². The first-order chi connectivity index (χ1) is 34.8. The molecule has 2 atom stereocenters. The lowest BCUT2D eigenvalue weighted by Gasteiger charge is -2.29. The van der Waals surface area contributed by atoms with Crippen LogP contribution in [-0.2, 0) is 30.5 Å². The van der Waals surface area contributed by atoms with Crippen molar-refractivity contribution in [2.45, 2.75) is 55.7 Å². The molecule has 0 bridgehead atoms. The highest BCUT2D eigenvalue weighted by Gasteiger charge is 2.63. The minimum Gasteiger partial charge on any atom is -0.374 e. The van der Waals surface area contributed by atoms with E-state index >= 15 is 0 Å². The van der Waals surface area contributed by atoms with Crippen molar-refractivity contribution in [3.05, 3.63) is 150 Å². The van der Waals surface area contributed by atoms with Gasteiger partial charge in [-0.25, -0.2) is 0 Å². The summed E-state index contributed by atoms with van der Waals surface area (Å²) in [6.45, 7) is -3.02. The highest BCUT2D eigenvalue weighted by Crippen LogP contribution is 2.51. The van der Waals surface area contributed by atoms with E-state index in [1.807, 2.05) is 0 Å². The van der Waals surface area contributed by atoms with E-state index < -0.39 is 98.6 Å². The Kier molecular flexibility index (Phi) is 17.2. The SMILES string of the molecule is Cc1cc(C2=NOC(c3cc(Cl)cc(Cl)c3)(C(F)(F)F)C2)ccc1C(=O)NCC(=O)NCC(F)(F)F.O=C(CNC(=O)c1ccc(C2=NOC(c3cc(Cl)cc(Cl)c3)(C(F)(F)F)C2)c2ccccc12)NCC(F)(F)F. The average Bonchev–Trinajstić information content (AvgIpc) is 3.98. The van der Waals surface area contributed by atoms with Gasteiger partial charge in [-0.1, -0.05) is 93.1 Å². The monoisotopic (exact) mass is 1150 g/mol. The summed E-state index contributed by atoms with van der Waals surface area (Å²) in [5, 5.41) is 15.6. The number of amides is 4. The maximum atomic E-state index is 14.4. The molecule has 0 aliphatic carbocycles. The number of halogens is 16. The Morgan fingerprint density at radius 3 is 1.39 bits per heavy atom. The molecule has 400 valence electrons. The van der Waals surface area contributed by atoms with Crippen molar-refractivity contribution in [2.24, 2.45) is 10.3 Å². The Bertz CT molecular complexity index is 3060. The number of nitrogens with zero attached hydrogens (tertiary/aromatic N) is 2. The molecule has 28 heteroatoms. The highest BCUT2D eigenvalue weighted by atomic mass is 35.5. The molecule has 0 saturated heterocycles. The Morgan fingerprint density at radius 2 is 0.947 bits per heavy atom. The first-order valence-corrected chi connectivity index (χ1v) is 22.8. The summed E-state index contributed by atoms with van der Waals surface area (Å²) in [5.41, 5.74) is -5.55. The van der Waals surface area contributed by atoms with Crippen LogP contribution < -0.4 is 21.3 Å². The Balaban J connectivity index is 0.000000245. The van der Waals surface area contributed by atoms with Gasteiger partial charge in [0.1, 0.15) is 13.1 Å². The van der Waals surface area contributed by atoms with Crippen LogP contribution in [0.4, 0.5) is 52.7 Å². The largest absolute Gasteiger partial charge is 0.435 e. The van der Waals surface area contributed by atoms with Gasteiger partial charge in [0, 0.05) is 60.7 Å². The molecule has 12 nitrogen and oxygen atoms in total. The van der Waals surface area contributed by atoms with Crippen LogP contribution in [0.25, 0.3) is 10.8 Å². The van der Waals surface area contributed by atoms with Crippen LogP contribution in [0, 0.1) is 6.92 Å². The molecule has 0 fully saturated rings. The lowest BCUT2D eigenvalue weighted by molar-refractivity contribution is -0.276. The Labute approximate surface area is 435 Å². The first kappa shape index (κ1) is 57.8. The summed E-state index contributed by atoms with van der Waals surface area (Å²) in [4.78, 5) is 58.2. The summed E-state index contributed by atoms with van der Waals surface area (Å²) in [5.74, 6) is -3.63. The quantitative estimate of drug-likeness (QED) is 0.0910. The molecule has 4 N–H and O–H groups in total. The number of nitrogens with one attached hydrogen (secondary N) is 4. The number of carbonyl (C=O) groups excluding carboxylic acids is 4. The standard InChI is InChI=1S/C25H17Cl2F6N3O3.C22H17Cl2F6N3O3/c26-14-7-13(8-15(27)9-14)23(25(31,32)33)10-20(36-39-23)18-5-6-19(17-4-2-1-3-16(17)18)22(38)34-11-21(37)35-12-24(28,29)30;1-11-4-12(2-3-16(11)19(35)31-9-18(34)32-10-21(25,26)27)17-8-20(36-33-17,22(28,29)30)13-5-14(23)7-15(24)6-13/h1-9H,10-12H2,(H,34,38)(H,35,37);2-7H,8-10H2,1H3,(H,31,35)(H,32,34). The van der Waals surface area contributed by atoms with Crippen molar-refractivity contribution in [1.82, 2.24) is 21.3 Å². The number of carbonyl (C=O) groups is 4. The van der Waals surface area contributed by atoms with Crippen molar-refractivity contribution in [3.8, 4) is 0 Å². The van der Waals surface area contributed by atoms with Crippen LogP contribution in [0.15, 0.2) is 101 Å². The second kappa shape index (κ2) is 22.4. The number of hydrogen-bond donors (Lipinski definition) is 4. The van der Waals surface area contributed by atoms with Gasteiger partial charge in [-0.05, 0) is 83.4 Å². The highest BCUT2D eigenvalue weighted by molar-refractivity contribution is 6.35. The van der Waals surface area contributed by atoms with Crippen molar-refractivity contribution in [3.63, 3.8) is 0 Å². The normalized spacial score (nSPS) is 17.7. The van der Waals surface area contributed by atoms with Gasteiger partial charge in [0.2, 0.25) is 11.8 Å². The van der Waals surface area contributed by atoms with E-state index in [-0.39, 0.29) is 64.9 Å². The molecule has 5 aromatic rings.